The van der Waals surface area contributed by atoms with Gasteiger partial charge < -0.3 is 9.64 Å². The van der Waals surface area contributed by atoms with E-state index in [0.29, 0.717) is 29.9 Å². The number of para-hydroxylation sites is 1. The molecular formula is C22H25N3O4S. The lowest BCUT2D eigenvalue weighted by atomic mass is 10.2. The Kier molecular flexibility index (Phi) is 7.02. The Labute approximate surface area is 176 Å². The number of nitrogens with zero attached hydrogens (tertiary/aromatic N) is 2. The molecule has 0 atom stereocenters. The fourth-order valence-corrected chi connectivity index (χ4v) is 4.31. The number of aromatic nitrogens is 1. The Balaban J connectivity index is 1.68. The highest BCUT2D eigenvalue weighted by molar-refractivity contribution is 7.93. The number of likely N-dealkylation sites (N-methyl/N-ethyl adjacent to an activating group) is 1. The molecule has 0 bridgehead atoms. The summed E-state index contributed by atoms with van der Waals surface area (Å²) in [4.78, 5) is 18.6. The molecule has 3 rings (SSSR count). The molecule has 30 heavy (non-hydrogen) atoms. The summed E-state index contributed by atoms with van der Waals surface area (Å²) in [5, 5.41) is 0.739. The second-order valence-corrected chi connectivity index (χ2v) is 8.33. The van der Waals surface area contributed by atoms with E-state index >= 15 is 0 Å². The Morgan fingerprint density at radius 1 is 1.03 bits per heavy atom. The van der Waals surface area contributed by atoms with Crippen LogP contribution < -0.4 is 4.72 Å². The van der Waals surface area contributed by atoms with Crippen molar-refractivity contribution in [3.05, 3.63) is 66.4 Å². The number of carbonyl (C=O) groups is 1. The molecular weight excluding hydrogens is 402 g/mol. The van der Waals surface area contributed by atoms with Crippen LogP contribution in [0.1, 0.15) is 24.2 Å². The topological polar surface area (TPSA) is 88.6 Å². The molecule has 7 nitrogen and oxygen atoms in total. The number of esters is 1. The zero-order valence-electron chi connectivity index (χ0n) is 17.0. The highest BCUT2D eigenvalue weighted by Gasteiger charge is 2.18. The molecule has 0 aliphatic carbocycles. The fourth-order valence-electron chi connectivity index (χ4n) is 3.07. The van der Waals surface area contributed by atoms with Gasteiger partial charge in [0.05, 0.1) is 11.1 Å². The predicted octanol–water partition coefficient (Wildman–Crippen LogP) is 3.53. The third-order valence-electron chi connectivity index (χ3n) is 4.79. The third-order valence-corrected chi connectivity index (χ3v) is 6.21. The van der Waals surface area contributed by atoms with E-state index in [1.807, 2.05) is 12.1 Å². The Bertz CT molecular complexity index is 1110. The molecule has 0 spiro atoms. The molecule has 3 aromatic rings. The van der Waals surface area contributed by atoms with Crippen molar-refractivity contribution < 1.29 is 17.9 Å². The van der Waals surface area contributed by atoms with E-state index in [-0.39, 0.29) is 4.90 Å². The first-order valence-electron chi connectivity index (χ1n) is 9.80. The normalized spacial score (nSPS) is 11.6. The van der Waals surface area contributed by atoms with Crippen LogP contribution in [0.25, 0.3) is 10.9 Å². The molecule has 1 N–H and O–H groups in total. The van der Waals surface area contributed by atoms with Crippen molar-refractivity contribution in [3.8, 4) is 0 Å². The molecule has 0 amide bonds. The van der Waals surface area contributed by atoms with Gasteiger partial charge in [-0.25, -0.2) is 13.2 Å². The van der Waals surface area contributed by atoms with E-state index in [1.165, 1.54) is 18.2 Å². The van der Waals surface area contributed by atoms with Gasteiger partial charge in [-0.15, -0.1) is 0 Å². The van der Waals surface area contributed by atoms with Crippen LogP contribution in [0.3, 0.4) is 0 Å². The van der Waals surface area contributed by atoms with E-state index in [4.69, 9.17) is 4.74 Å². The maximum absolute atomic E-state index is 12.8. The van der Waals surface area contributed by atoms with E-state index < -0.39 is 16.0 Å². The van der Waals surface area contributed by atoms with E-state index in [2.05, 4.69) is 28.5 Å². The smallest absolute Gasteiger partial charge is 0.338 e. The molecule has 0 unspecified atom stereocenters. The van der Waals surface area contributed by atoms with Gasteiger partial charge in [0.1, 0.15) is 11.5 Å². The van der Waals surface area contributed by atoms with Crippen LogP contribution in [0, 0.1) is 0 Å². The van der Waals surface area contributed by atoms with Crippen LogP contribution in [0.5, 0.6) is 0 Å². The summed E-state index contributed by atoms with van der Waals surface area (Å²) in [6, 6.07) is 14.7. The van der Waals surface area contributed by atoms with Gasteiger partial charge >= 0.3 is 5.97 Å². The predicted molar refractivity (Wildman–Crippen MR) is 117 cm³/mol. The maximum atomic E-state index is 12.8. The minimum atomic E-state index is -3.84. The average Bonchev–Trinajstić information content (AvgIpc) is 2.76. The highest BCUT2D eigenvalue weighted by atomic mass is 32.2. The highest BCUT2D eigenvalue weighted by Crippen LogP contribution is 2.23. The Hall–Kier alpha value is -2.97. The molecule has 0 saturated carbocycles. The van der Waals surface area contributed by atoms with Crippen molar-refractivity contribution in [3.63, 3.8) is 0 Å². The Morgan fingerprint density at radius 3 is 2.43 bits per heavy atom. The lowest BCUT2D eigenvalue weighted by Crippen LogP contribution is -2.27. The van der Waals surface area contributed by atoms with Gasteiger partial charge in [0.2, 0.25) is 0 Å². The molecule has 1 aromatic heterocycles. The molecule has 158 valence electrons. The van der Waals surface area contributed by atoms with Gasteiger partial charge in [0.25, 0.3) is 10.0 Å². The second kappa shape index (κ2) is 9.69. The quantitative estimate of drug-likeness (QED) is 0.526. The Morgan fingerprint density at radius 2 is 1.73 bits per heavy atom. The summed E-state index contributed by atoms with van der Waals surface area (Å²) in [6.07, 6.45) is 1.56. The van der Waals surface area contributed by atoms with E-state index in [0.717, 1.165) is 18.5 Å². The van der Waals surface area contributed by atoms with Gasteiger partial charge in [-0.1, -0.05) is 32.0 Å². The third kappa shape index (κ3) is 5.14. The summed E-state index contributed by atoms with van der Waals surface area (Å²) in [6.45, 7) is 6.89. The lowest BCUT2D eigenvalue weighted by Gasteiger charge is -2.17. The summed E-state index contributed by atoms with van der Waals surface area (Å²) in [5.74, 6) is -0.435. The summed E-state index contributed by atoms with van der Waals surface area (Å²) in [5.41, 5.74) is 1.12. The molecule has 0 fully saturated rings. The zero-order valence-corrected chi connectivity index (χ0v) is 17.9. The molecule has 8 heteroatoms. The first kappa shape index (κ1) is 21.7. The summed E-state index contributed by atoms with van der Waals surface area (Å²) >= 11 is 0. The monoisotopic (exact) mass is 427 g/mol. The largest absolute Gasteiger partial charge is 0.461 e. The SMILES string of the molecule is CCN(CC)CCOC(=O)c1ccc(NS(=O)(=O)c2cccc3cccnc23)cc1. The number of benzene rings is 2. The van der Waals surface area contributed by atoms with Crippen molar-refractivity contribution >= 4 is 32.6 Å². The van der Waals surface area contributed by atoms with Crippen LogP contribution in [0.2, 0.25) is 0 Å². The number of carbonyl (C=O) groups excluding carboxylic acids is 1. The fraction of sp³-hybridized carbons (Fsp3) is 0.273. The summed E-state index contributed by atoms with van der Waals surface area (Å²) < 4.78 is 33.5. The van der Waals surface area contributed by atoms with E-state index in [9.17, 15) is 13.2 Å². The number of rotatable bonds is 9. The molecule has 0 saturated heterocycles. The van der Waals surface area contributed by atoms with Crippen LogP contribution in [-0.4, -0.2) is 50.5 Å². The molecule has 0 aliphatic heterocycles. The minimum Gasteiger partial charge on any atom is -0.461 e. The molecule has 0 aliphatic rings. The van der Waals surface area contributed by atoms with E-state index in [1.54, 1.807) is 30.5 Å². The molecule has 2 aromatic carbocycles. The number of ether oxygens (including phenoxy) is 1. The first-order chi connectivity index (χ1) is 14.4. The number of hydrogen-bond donors (Lipinski definition) is 1. The van der Waals surface area contributed by atoms with Gasteiger partial charge in [0.15, 0.2) is 0 Å². The zero-order chi connectivity index (χ0) is 21.6. The number of hydrogen-bond acceptors (Lipinski definition) is 6. The standard InChI is InChI=1S/C22H25N3O4S/c1-3-25(4-2)15-16-29-22(26)18-10-12-19(13-11-18)24-30(27,28)20-9-5-7-17-8-6-14-23-21(17)20/h5-14,24H,3-4,15-16H2,1-2H3. The van der Waals surface area contributed by atoms with Crippen LogP contribution in [0.4, 0.5) is 5.69 Å². The van der Waals surface area contributed by atoms with Crippen molar-refractivity contribution in [2.45, 2.75) is 18.7 Å². The maximum Gasteiger partial charge on any atom is 0.338 e. The van der Waals surface area contributed by atoms with Gasteiger partial charge in [-0.2, -0.15) is 0 Å². The number of pyridine rings is 1. The van der Waals surface area contributed by atoms with Crippen molar-refractivity contribution in [2.24, 2.45) is 0 Å². The van der Waals surface area contributed by atoms with Gasteiger partial charge in [0, 0.05) is 23.8 Å². The van der Waals surface area contributed by atoms with Crippen molar-refractivity contribution in [1.82, 2.24) is 9.88 Å². The number of fused-ring (bicyclic) bond motifs is 1. The average molecular weight is 428 g/mol. The lowest BCUT2D eigenvalue weighted by molar-refractivity contribution is 0.0466. The second-order valence-electron chi connectivity index (χ2n) is 6.68. The summed E-state index contributed by atoms with van der Waals surface area (Å²) in [7, 11) is -3.84. The van der Waals surface area contributed by atoms with Crippen LogP contribution in [0.15, 0.2) is 65.7 Å². The molecule has 0 radical (unpaired) electrons. The molecule has 1 heterocycles. The van der Waals surface area contributed by atoms with Gasteiger partial charge in [-0.05, 0) is 49.5 Å². The first-order valence-corrected chi connectivity index (χ1v) is 11.3. The number of nitrogens with one attached hydrogen (secondary N) is 1. The number of anilines is 1. The van der Waals surface area contributed by atoms with Gasteiger partial charge in [-0.3, -0.25) is 9.71 Å². The van der Waals surface area contributed by atoms with Crippen LogP contribution in [-0.2, 0) is 14.8 Å². The van der Waals surface area contributed by atoms with Crippen LogP contribution >= 0.6 is 0 Å². The number of sulfonamides is 1. The van der Waals surface area contributed by atoms with Crippen molar-refractivity contribution in [2.75, 3.05) is 31.0 Å². The minimum absolute atomic E-state index is 0.0977. The van der Waals surface area contributed by atoms with Crippen molar-refractivity contribution in [1.29, 1.82) is 0 Å².